The van der Waals surface area contributed by atoms with Crippen LogP contribution in [0, 0.1) is 0 Å². The first-order valence-corrected chi connectivity index (χ1v) is 8.93. The second-order valence-electron chi connectivity index (χ2n) is 6.83. The first kappa shape index (κ1) is 15.3. The molecule has 0 unspecified atom stereocenters. The molecule has 132 valence electrons. The summed E-state index contributed by atoms with van der Waals surface area (Å²) in [6, 6.07) is 8.65. The van der Waals surface area contributed by atoms with E-state index >= 15 is 0 Å². The van der Waals surface area contributed by atoms with Crippen LogP contribution in [0.2, 0.25) is 0 Å². The van der Waals surface area contributed by atoms with Crippen LogP contribution in [0.4, 0.5) is 5.95 Å². The number of nitrogens with one attached hydrogen (secondary N) is 2. The zero-order valence-electron chi connectivity index (χ0n) is 14.3. The Bertz CT molecular complexity index is 1060. The number of nitrogens with zero attached hydrogens (tertiary/aromatic N) is 5. The van der Waals surface area contributed by atoms with Gasteiger partial charge in [-0.3, -0.25) is 4.57 Å². The lowest BCUT2D eigenvalue weighted by molar-refractivity contribution is 0.410. The van der Waals surface area contributed by atoms with Crippen molar-refractivity contribution < 1.29 is 0 Å². The molecule has 1 saturated carbocycles. The van der Waals surface area contributed by atoms with Crippen LogP contribution in [0.25, 0.3) is 28.0 Å². The Labute approximate surface area is 149 Å². The summed E-state index contributed by atoms with van der Waals surface area (Å²) in [7, 11) is 0. The molecule has 26 heavy (non-hydrogen) atoms. The third-order valence-electron chi connectivity index (χ3n) is 5.05. The SMILES string of the molecule is NC1CCC(Nc2nc(-n3cnc4ccccc43)c3[nH]cnc3n2)CC1. The molecule has 4 aromatic rings. The van der Waals surface area contributed by atoms with Gasteiger partial charge in [0, 0.05) is 12.1 Å². The predicted octanol–water partition coefficient (Wildman–Crippen LogP) is 2.37. The fraction of sp³-hybridized carbons (Fsp3) is 0.333. The van der Waals surface area contributed by atoms with Crippen molar-refractivity contribution in [3.05, 3.63) is 36.9 Å². The van der Waals surface area contributed by atoms with Gasteiger partial charge >= 0.3 is 0 Å². The number of para-hydroxylation sites is 2. The summed E-state index contributed by atoms with van der Waals surface area (Å²) in [5.74, 6) is 1.34. The molecule has 3 aromatic heterocycles. The van der Waals surface area contributed by atoms with Crippen molar-refractivity contribution in [2.75, 3.05) is 5.32 Å². The molecule has 1 aliphatic carbocycles. The molecule has 8 nitrogen and oxygen atoms in total. The van der Waals surface area contributed by atoms with Gasteiger partial charge in [-0.25, -0.2) is 9.97 Å². The molecule has 0 spiro atoms. The normalized spacial score (nSPS) is 20.7. The Morgan fingerprint density at radius 1 is 1.08 bits per heavy atom. The minimum Gasteiger partial charge on any atom is -0.351 e. The van der Waals surface area contributed by atoms with Gasteiger partial charge in [0.05, 0.1) is 17.4 Å². The van der Waals surface area contributed by atoms with Crippen LogP contribution in [-0.4, -0.2) is 41.6 Å². The van der Waals surface area contributed by atoms with E-state index in [9.17, 15) is 0 Å². The maximum absolute atomic E-state index is 6.01. The van der Waals surface area contributed by atoms with Crippen LogP contribution in [0.1, 0.15) is 25.7 Å². The minimum atomic E-state index is 0.315. The third kappa shape index (κ3) is 2.59. The average molecular weight is 348 g/mol. The van der Waals surface area contributed by atoms with Gasteiger partial charge in [-0.15, -0.1) is 0 Å². The highest BCUT2D eigenvalue weighted by Gasteiger charge is 2.20. The number of fused-ring (bicyclic) bond motifs is 2. The monoisotopic (exact) mass is 348 g/mol. The van der Waals surface area contributed by atoms with Gasteiger partial charge in [-0.2, -0.15) is 9.97 Å². The molecule has 1 aromatic carbocycles. The van der Waals surface area contributed by atoms with E-state index in [4.69, 9.17) is 10.7 Å². The number of imidazole rings is 2. The number of hydrogen-bond donors (Lipinski definition) is 3. The number of aromatic nitrogens is 6. The van der Waals surface area contributed by atoms with Gasteiger partial charge in [0.25, 0.3) is 0 Å². The van der Waals surface area contributed by atoms with Crippen molar-refractivity contribution in [3.63, 3.8) is 0 Å². The highest BCUT2D eigenvalue weighted by atomic mass is 15.2. The third-order valence-corrected chi connectivity index (χ3v) is 5.05. The van der Waals surface area contributed by atoms with Crippen molar-refractivity contribution >= 4 is 28.1 Å². The molecule has 1 fully saturated rings. The molecular weight excluding hydrogens is 328 g/mol. The molecule has 8 heteroatoms. The molecule has 0 atom stereocenters. The number of nitrogens with two attached hydrogens (primary N) is 1. The van der Waals surface area contributed by atoms with Gasteiger partial charge in [0.2, 0.25) is 5.95 Å². The highest BCUT2D eigenvalue weighted by molar-refractivity contribution is 5.84. The van der Waals surface area contributed by atoms with Gasteiger partial charge in [0.15, 0.2) is 11.5 Å². The van der Waals surface area contributed by atoms with E-state index < -0.39 is 0 Å². The molecule has 0 radical (unpaired) electrons. The largest absolute Gasteiger partial charge is 0.351 e. The maximum atomic E-state index is 6.01. The standard InChI is InChI=1S/C18H20N8/c19-11-5-7-12(8-6-11)23-18-24-16-15(20-9-21-16)17(25-18)26-10-22-13-3-1-2-4-14(13)26/h1-4,9-12H,5-8,19H2,(H2,20,21,23,24,25). The molecular formula is C18H20N8. The predicted molar refractivity (Wildman–Crippen MR) is 100 cm³/mol. The lowest BCUT2D eigenvalue weighted by atomic mass is 9.92. The second-order valence-corrected chi connectivity index (χ2v) is 6.83. The van der Waals surface area contributed by atoms with Crippen molar-refractivity contribution in [2.24, 2.45) is 5.73 Å². The number of anilines is 1. The topological polar surface area (TPSA) is 110 Å². The smallest absolute Gasteiger partial charge is 0.227 e. The molecule has 0 bridgehead atoms. The molecule has 1 aliphatic rings. The summed E-state index contributed by atoms with van der Waals surface area (Å²) in [6.07, 6.45) is 7.56. The van der Waals surface area contributed by atoms with Gasteiger partial charge in [-0.05, 0) is 37.8 Å². The molecule has 0 amide bonds. The minimum absolute atomic E-state index is 0.315. The van der Waals surface area contributed by atoms with Crippen molar-refractivity contribution in [2.45, 2.75) is 37.8 Å². The Morgan fingerprint density at radius 3 is 2.81 bits per heavy atom. The zero-order valence-corrected chi connectivity index (χ0v) is 14.3. The fourth-order valence-electron chi connectivity index (χ4n) is 3.63. The van der Waals surface area contributed by atoms with Crippen molar-refractivity contribution in [1.82, 2.24) is 29.5 Å². The Morgan fingerprint density at radius 2 is 1.92 bits per heavy atom. The lowest BCUT2D eigenvalue weighted by Gasteiger charge is -2.26. The summed E-state index contributed by atoms with van der Waals surface area (Å²) in [4.78, 5) is 21.3. The zero-order chi connectivity index (χ0) is 17.5. The van der Waals surface area contributed by atoms with Crippen LogP contribution in [0.5, 0.6) is 0 Å². The van der Waals surface area contributed by atoms with Gasteiger partial charge in [-0.1, -0.05) is 12.1 Å². The Hall–Kier alpha value is -3.00. The summed E-state index contributed by atoms with van der Waals surface area (Å²) in [5.41, 5.74) is 9.37. The Kier molecular flexibility index (Phi) is 3.56. The maximum Gasteiger partial charge on any atom is 0.227 e. The van der Waals surface area contributed by atoms with Crippen LogP contribution in [0.3, 0.4) is 0 Å². The Balaban J connectivity index is 1.57. The number of benzene rings is 1. The molecule has 4 N–H and O–H groups in total. The fourth-order valence-corrected chi connectivity index (χ4v) is 3.63. The van der Waals surface area contributed by atoms with E-state index in [0.717, 1.165) is 48.1 Å². The summed E-state index contributed by atoms with van der Waals surface area (Å²) < 4.78 is 1.97. The van der Waals surface area contributed by atoms with Crippen molar-refractivity contribution in [1.29, 1.82) is 0 Å². The van der Waals surface area contributed by atoms with Crippen LogP contribution < -0.4 is 11.1 Å². The molecule has 0 saturated heterocycles. The first-order chi connectivity index (χ1) is 12.8. The summed E-state index contributed by atoms with van der Waals surface area (Å²) >= 11 is 0. The van der Waals surface area contributed by atoms with Crippen LogP contribution in [0.15, 0.2) is 36.9 Å². The molecule has 5 rings (SSSR count). The molecule has 0 aliphatic heterocycles. The van der Waals surface area contributed by atoms with E-state index in [1.807, 2.05) is 28.8 Å². The quantitative estimate of drug-likeness (QED) is 0.524. The number of aromatic amines is 1. The number of H-pyrrole nitrogens is 1. The van der Waals surface area contributed by atoms with Crippen molar-refractivity contribution in [3.8, 4) is 5.82 Å². The molecule has 3 heterocycles. The lowest BCUT2D eigenvalue weighted by Crippen LogP contribution is -2.33. The van der Waals surface area contributed by atoms with Crippen LogP contribution in [-0.2, 0) is 0 Å². The van der Waals surface area contributed by atoms with E-state index in [-0.39, 0.29) is 0 Å². The van der Waals surface area contributed by atoms with Crippen LogP contribution >= 0.6 is 0 Å². The second kappa shape index (κ2) is 6.06. The summed E-state index contributed by atoms with van der Waals surface area (Å²) in [6.45, 7) is 0. The summed E-state index contributed by atoms with van der Waals surface area (Å²) in [5, 5.41) is 3.47. The number of hydrogen-bond acceptors (Lipinski definition) is 6. The first-order valence-electron chi connectivity index (χ1n) is 8.93. The average Bonchev–Trinajstić information content (AvgIpc) is 3.30. The van der Waals surface area contributed by atoms with Gasteiger partial charge in [0.1, 0.15) is 11.8 Å². The number of rotatable bonds is 3. The highest BCUT2D eigenvalue weighted by Crippen LogP contribution is 2.24. The van der Waals surface area contributed by atoms with E-state index in [1.54, 1.807) is 12.7 Å². The van der Waals surface area contributed by atoms with E-state index in [2.05, 4.69) is 25.3 Å². The van der Waals surface area contributed by atoms with E-state index in [0.29, 0.717) is 23.7 Å². The van der Waals surface area contributed by atoms with E-state index in [1.165, 1.54) is 0 Å². The van der Waals surface area contributed by atoms with Gasteiger partial charge < -0.3 is 16.0 Å².